The molecule has 4 saturated carbocycles. The largest absolute Gasteiger partial charge is 0.390 e. The van der Waals surface area contributed by atoms with Crippen LogP contribution in [0.3, 0.4) is 0 Å². The number of hydrogen-bond donors (Lipinski definition) is 2. The molecule has 0 aliphatic heterocycles. The highest BCUT2D eigenvalue weighted by Crippen LogP contribution is 2.67. The highest BCUT2D eigenvalue weighted by molar-refractivity contribution is 5.83. The molecule has 3 nitrogen and oxygen atoms in total. The number of unbranched alkanes of at least 4 members (excludes halogenated alkanes) is 1. The van der Waals surface area contributed by atoms with E-state index in [4.69, 9.17) is 0 Å². The summed E-state index contributed by atoms with van der Waals surface area (Å²) in [6.45, 7) is 9.41. The van der Waals surface area contributed by atoms with E-state index >= 15 is 0 Å². The maximum absolute atomic E-state index is 13.2. The Hall–Kier alpha value is -0.670. The molecule has 4 rings (SSSR count). The standard InChI is InChI=1S/C26H42O3/c1-5-6-7-8-16(2)18-9-10-19-17-13-22(27)21-14-23(28)24(29)15-26(21,4)20(17)11-12-25(18,19)3/h7-8,16-21,23-24,28-29H,5-6,9-15H2,1-4H3/b8-7-/t16-,17+,18-,19+,20+,21-,23+,24-,25-,26-/m1/s1. The van der Waals surface area contributed by atoms with Crippen molar-refractivity contribution in [2.24, 2.45) is 46.3 Å². The number of aliphatic hydroxyl groups is 2. The summed E-state index contributed by atoms with van der Waals surface area (Å²) in [4.78, 5) is 13.2. The maximum Gasteiger partial charge on any atom is 0.136 e. The Kier molecular flexibility index (Phi) is 5.79. The topological polar surface area (TPSA) is 57.5 Å². The number of carbonyl (C=O) groups is 1. The normalized spacial score (nSPS) is 50.8. The monoisotopic (exact) mass is 402 g/mol. The average molecular weight is 403 g/mol. The molecule has 4 fully saturated rings. The Morgan fingerprint density at radius 2 is 1.83 bits per heavy atom. The molecule has 0 aromatic heterocycles. The highest BCUT2D eigenvalue weighted by Gasteiger charge is 2.63. The molecule has 0 heterocycles. The first-order valence-corrected chi connectivity index (χ1v) is 12.3. The van der Waals surface area contributed by atoms with Crippen molar-refractivity contribution in [1.29, 1.82) is 0 Å². The van der Waals surface area contributed by atoms with Crippen LogP contribution in [0.1, 0.15) is 85.5 Å². The Labute approximate surface area is 177 Å². The molecule has 0 aromatic carbocycles. The van der Waals surface area contributed by atoms with Gasteiger partial charge in [0.05, 0.1) is 12.2 Å². The van der Waals surface area contributed by atoms with E-state index in [0.29, 0.717) is 54.1 Å². The summed E-state index contributed by atoms with van der Waals surface area (Å²) in [5, 5.41) is 20.7. The summed E-state index contributed by atoms with van der Waals surface area (Å²) in [6.07, 6.45) is 12.6. The smallest absolute Gasteiger partial charge is 0.136 e. The van der Waals surface area contributed by atoms with E-state index in [2.05, 4.69) is 39.8 Å². The SMILES string of the molecule is CCC/C=C\[C@@H](C)[C@H]1CC[C@H]2[C@@H]3CC(=O)[C@H]4C[C@H](O)[C@H](O)C[C@]4(C)[C@H]3CC[C@]12C. The van der Waals surface area contributed by atoms with Crippen LogP contribution in [0.2, 0.25) is 0 Å². The maximum atomic E-state index is 13.2. The van der Waals surface area contributed by atoms with Gasteiger partial charge in [0.25, 0.3) is 0 Å². The van der Waals surface area contributed by atoms with Gasteiger partial charge in [0.2, 0.25) is 0 Å². The van der Waals surface area contributed by atoms with E-state index in [-0.39, 0.29) is 11.3 Å². The van der Waals surface area contributed by atoms with Gasteiger partial charge in [-0.25, -0.2) is 0 Å². The molecule has 0 unspecified atom stereocenters. The predicted octanol–water partition coefficient (Wildman–Crippen LogP) is 5.15. The third-order valence-corrected chi connectivity index (χ3v) is 10.1. The van der Waals surface area contributed by atoms with Crippen molar-refractivity contribution in [2.75, 3.05) is 0 Å². The van der Waals surface area contributed by atoms with Gasteiger partial charge in [0.15, 0.2) is 0 Å². The number of carbonyl (C=O) groups excluding carboxylic acids is 1. The lowest BCUT2D eigenvalue weighted by atomic mass is 9.44. The minimum absolute atomic E-state index is 0.0559. The van der Waals surface area contributed by atoms with Gasteiger partial charge in [-0.15, -0.1) is 0 Å². The van der Waals surface area contributed by atoms with E-state index in [1.54, 1.807) is 0 Å². The second-order valence-corrected chi connectivity index (χ2v) is 11.5. The first-order valence-electron chi connectivity index (χ1n) is 12.3. The predicted molar refractivity (Wildman–Crippen MR) is 116 cm³/mol. The van der Waals surface area contributed by atoms with E-state index in [1.165, 1.54) is 38.5 Å². The first kappa shape index (κ1) is 21.6. The third kappa shape index (κ3) is 3.35. The number of ketones is 1. The van der Waals surface area contributed by atoms with E-state index in [0.717, 1.165) is 5.92 Å². The molecular weight excluding hydrogens is 360 g/mol. The number of allylic oxidation sites excluding steroid dienone is 2. The van der Waals surface area contributed by atoms with E-state index < -0.39 is 12.2 Å². The van der Waals surface area contributed by atoms with Crippen molar-refractivity contribution in [3.8, 4) is 0 Å². The molecule has 0 aromatic rings. The van der Waals surface area contributed by atoms with Crippen molar-refractivity contribution in [3.05, 3.63) is 12.2 Å². The minimum Gasteiger partial charge on any atom is -0.390 e. The summed E-state index contributed by atoms with van der Waals surface area (Å²) in [5.74, 6) is 3.28. The molecule has 0 saturated heterocycles. The van der Waals surface area contributed by atoms with Gasteiger partial charge < -0.3 is 10.2 Å². The summed E-state index contributed by atoms with van der Waals surface area (Å²) < 4.78 is 0. The van der Waals surface area contributed by atoms with Crippen molar-refractivity contribution in [2.45, 2.75) is 97.7 Å². The van der Waals surface area contributed by atoms with Crippen molar-refractivity contribution in [1.82, 2.24) is 0 Å². The van der Waals surface area contributed by atoms with E-state index in [9.17, 15) is 15.0 Å². The Balaban J connectivity index is 1.58. The lowest BCUT2D eigenvalue weighted by Gasteiger charge is -2.60. The van der Waals surface area contributed by atoms with Gasteiger partial charge >= 0.3 is 0 Å². The van der Waals surface area contributed by atoms with Gasteiger partial charge in [-0.3, -0.25) is 4.79 Å². The molecule has 29 heavy (non-hydrogen) atoms. The summed E-state index contributed by atoms with van der Waals surface area (Å²) in [7, 11) is 0. The van der Waals surface area contributed by atoms with Crippen LogP contribution in [0.15, 0.2) is 12.2 Å². The quantitative estimate of drug-likeness (QED) is 0.640. The number of Topliss-reactive ketones (excluding diaryl/α,β-unsaturated/α-hetero) is 1. The first-order chi connectivity index (χ1) is 13.7. The van der Waals surface area contributed by atoms with Crippen molar-refractivity contribution < 1.29 is 15.0 Å². The Bertz CT molecular complexity index is 656. The summed E-state index contributed by atoms with van der Waals surface area (Å²) in [6, 6.07) is 0. The molecular formula is C26H42O3. The van der Waals surface area contributed by atoms with Gasteiger partial charge in [-0.1, -0.05) is 46.3 Å². The average Bonchev–Trinajstić information content (AvgIpc) is 3.02. The lowest BCUT2D eigenvalue weighted by Crippen LogP contribution is -2.59. The zero-order chi connectivity index (χ0) is 21.0. The fourth-order valence-electron chi connectivity index (χ4n) is 8.59. The molecule has 2 N–H and O–H groups in total. The number of fused-ring (bicyclic) bond motifs is 5. The second-order valence-electron chi connectivity index (χ2n) is 11.5. The molecule has 0 spiro atoms. The molecule has 3 heteroatoms. The van der Waals surface area contributed by atoms with E-state index in [1.807, 2.05) is 0 Å². The number of aliphatic hydroxyl groups excluding tert-OH is 2. The third-order valence-electron chi connectivity index (χ3n) is 10.1. The summed E-state index contributed by atoms with van der Waals surface area (Å²) in [5.41, 5.74) is 0.206. The van der Waals surface area contributed by atoms with Crippen LogP contribution in [-0.4, -0.2) is 28.2 Å². The van der Waals surface area contributed by atoms with Crippen LogP contribution < -0.4 is 0 Å². The van der Waals surface area contributed by atoms with Crippen LogP contribution >= 0.6 is 0 Å². The molecule has 4 aliphatic rings. The molecule has 4 aliphatic carbocycles. The van der Waals surface area contributed by atoms with Crippen molar-refractivity contribution >= 4 is 5.78 Å². The fraction of sp³-hybridized carbons (Fsp3) is 0.885. The van der Waals surface area contributed by atoms with Gasteiger partial charge in [0.1, 0.15) is 5.78 Å². The minimum atomic E-state index is -0.728. The van der Waals surface area contributed by atoms with Gasteiger partial charge in [-0.05, 0) is 85.4 Å². The zero-order valence-corrected chi connectivity index (χ0v) is 18.9. The van der Waals surface area contributed by atoms with Gasteiger partial charge in [0, 0.05) is 12.3 Å². The fourth-order valence-corrected chi connectivity index (χ4v) is 8.59. The zero-order valence-electron chi connectivity index (χ0n) is 18.9. The van der Waals surface area contributed by atoms with Crippen LogP contribution in [-0.2, 0) is 4.79 Å². The van der Waals surface area contributed by atoms with Crippen molar-refractivity contribution in [3.63, 3.8) is 0 Å². The highest BCUT2D eigenvalue weighted by atomic mass is 16.3. The van der Waals surface area contributed by atoms with Crippen LogP contribution in [0, 0.1) is 46.3 Å². The molecule has 10 atom stereocenters. The molecule has 0 amide bonds. The lowest BCUT2D eigenvalue weighted by molar-refractivity contribution is -0.173. The van der Waals surface area contributed by atoms with Crippen LogP contribution in [0.25, 0.3) is 0 Å². The molecule has 0 radical (unpaired) electrons. The second kappa shape index (κ2) is 7.79. The van der Waals surface area contributed by atoms with Gasteiger partial charge in [-0.2, -0.15) is 0 Å². The number of hydrogen-bond acceptors (Lipinski definition) is 3. The molecule has 0 bridgehead atoms. The van der Waals surface area contributed by atoms with Crippen LogP contribution in [0.5, 0.6) is 0 Å². The Morgan fingerprint density at radius 1 is 1.10 bits per heavy atom. The number of rotatable bonds is 4. The summed E-state index contributed by atoms with van der Waals surface area (Å²) >= 11 is 0. The Morgan fingerprint density at radius 3 is 2.55 bits per heavy atom. The molecule has 164 valence electrons. The van der Waals surface area contributed by atoms with Crippen LogP contribution in [0.4, 0.5) is 0 Å².